The predicted octanol–water partition coefficient (Wildman–Crippen LogP) is -0.876. The Labute approximate surface area is 109 Å². The Morgan fingerprint density at radius 3 is 2.93 bits per heavy atom. The first-order valence-corrected chi connectivity index (χ1v) is 4.62. The van der Waals surface area contributed by atoms with E-state index in [4.69, 9.17) is 13.9 Å². The fourth-order valence-electron chi connectivity index (χ4n) is 1.36. The second kappa shape index (κ2) is 8.29. The molecular weight excluding hydrogens is 269 g/mol. The van der Waals surface area contributed by atoms with E-state index in [1.165, 1.54) is 6.42 Å². The van der Waals surface area contributed by atoms with Gasteiger partial charge in [0.15, 0.2) is 12.6 Å². The van der Waals surface area contributed by atoms with Crippen LogP contribution in [0.1, 0.15) is 24.8 Å². The van der Waals surface area contributed by atoms with Crippen molar-refractivity contribution in [3.05, 3.63) is 24.2 Å². The van der Waals surface area contributed by atoms with Crippen molar-refractivity contribution in [2.24, 2.45) is 0 Å². The summed E-state index contributed by atoms with van der Waals surface area (Å²) in [4.78, 5) is 0. The van der Waals surface area contributed by atoms with Gasteiger partial charge in [0.2, 0.25) is 0 Å². The molecule has 3 nitrogen and oxygen atoms in total. The van der Waals surface area contributed by atoms with E-state index in [0.29, 0.717) is 6.61 Å². The Bertz CT molecular complexity index is 235. The van der Waals surface area contributed by atoms with Crippen LogP contribution in [0.5, 0.6) is 0 Å². The van der Waals surface area contributed by atoms with Crippen LogP contribution in [0.25, 0.3) is 0 Å². The molecule has 1 unspecified atom stereocenters. The third-order valence-electron chi connectivity index (χ3n) is 2.09. The van der Waals surface area contributed by atoms with Gasteiger partial charge in [0.25, 0.3) is 0 Å². The third kappa shape index (κ3) is 5.12. The average molecular weight is 282 g/mol. The van der Waals surface area contributed by atoms with E-state index in [1.807, 2.05) is 6.07 Å². The van der Waals surface area contributed by atoms with Crippen LogP contribution in [-0.2, 0) is 35.6 Å². The molecule has 1 fully saturated rings. The van der Waals surface area contributed by atoms with E-state index >= 15 is 0 Å². The van der Waals surface area contributed by atoms with Crippen LogP contribution in [-0.4, -0.2) is 12.9 Å². The molecule has 81 valence electrons. The van der Waals surface area contributed by atoms with Crippen LogP contribution >= 0.6 is 0 Å². The van der Waals surface area contributed by atoms with Gasteiger partial charge < -0.3 is 26.3 Å². The van der Waals surface area contributed by atoms with Crippen molar-refractivity contribution < 1.29 is 45.8 Å². The minimum absolute atomic E-state index is 0. The van der Waals surface area contributed by atoms with E-state index in [0.717, 1.165) is 25.0 Å². The summed E-state index contributed by atoms with van der Waals surface area (Å²) >= 11 is 0. The fourth-order valence-corrected chi connectivity index (χ4v) is 1.36. The molecule has 15 heavy (non-hydrogen) atoms. The summed E-state index contributed by atoms with van der Waals surface area (Å²) in [7, 11) is 0. The van der Waals surface area contributed by atoms with Crippen LogP contribution in [0.3, 0.4) is 0 Å². The van der Waals surface area contributed by atoms with Gasteiger partial charge in [-0.05, 0) is 25.3 Å². The summed E-state index contributed by atoms with van der Waals surface area (Å²) < 4.78 is 15.7. The molecule has 0 saturated carbocycles. The monoisotopic (exact) mass is 280 g/mol. The van der Waals surface area contributed by atoms with Crippen LogP contribution in [0.2, 0.25) is 0 Å². The number of rotatable bonds is 3. The van der Waals surface area contributed by atoms with Gasteiger partial charge >= 0.3 is 0 Å². The molecule has 5 heteroatoms. The van der Waals surface area contributed by atoms with Crippen molar-refractivity contribution >= 4 is 0 Å². The van der Waals surface area contributed by atoms with Gasteiger partial charge in [0.05, 0.1) is 12.9 Å². The Hall–Kier alpha value is 0.113. The zero-order chi connectivity index (χ0) is 8.93. The standard InChI is InChI=1S/C10H13O3.ClH.Zn/c1-2-5-12-10(3-1)13-8-9-4-6-11-7-9;;/h4,6,10H,1-3,5,8H2;1H;/p-1. The number of ether oxygens (including phenoxy) is 2. The maximum Gasteiger partial charge on any atom is 0.175 e. The molecule has 0 spiro atoms. The Balaban J connectivity index is 0.000000980. The minimum atomic E-state index is -0.0305. The molecule has 1 saturated heterocycles. The Morgan fingerprint density at radius 1 is 1.47 bits per heavy atom. The minimum Gasteiger partial charge on any atom is -1.00 e. The molecule has 0 aromatic carbocycles. The maximum absolute atomic E-state index is 5.51. The molecule has 2 heterocycles. The van der Waals surface area contributed by atoms with Crippen molar-refractivity contribution in [3.8, 4) is 0 Å². The van der Waals surface area contributed by atoms with Gasteiger partial charge in [-0.15, -0.1) is 0 Å². The van der Waals surface area contributed by atoms with Crippen molar-refractivity contribution in [2.75, 3.05) is 6.61 Å². The van der Waals surface area contributed by atoms with Crippen molar-refractivity contribution in [1.29, 1.82) is 0 Å². The van der Waals surface area contributed by atoms with Gasteiger partial charge in [-0.3, -0.25) is 0 Å². The van der Waals surface area contributed by atoms with Crippen molar-refractivity contribution in [2.45, 2.75) is 32.2 Å². The second-order valence-electron chi connectivity index (χ2n) is 3.16. The summed E-state index contributed by atoms with van der Waals surface area (Å²) in [5, 5.41) is 0. The average Bonchev–Trinajstić information content (AvgIpc) is 2.69. The van der Waals surface area contributed by atoms with Crippen molar-refractivity contribution in [3.63, 3.8) is 0 Å². The van der Waals surface area contributed by atoms with E-state index in [2.05, 4.69) is 6.26 Å². The summed E-state index contributed by atoms with van der Waals surface area (Å²) in [5.74, 6) is 0. The van der Waals surface area contributed by atoms with E-state index < -0.39 is 0 Å². The molecule has 1 aromatic heterocycles. The number of hydrogen-bond donors (Lipinski definition) is 0. The van der Waals surface area contributed by atoms with Crippen LogP contribution < -0.4 is 12.4 Å². The molecule has 2 rings (SSSR count). The topological polar surface area (TPSA) is 31.6 Å². The molecule has 1 atom stereocenters. The summed E-state index contributed by atoms with van der Waals surface area (Å²) in [6, 6.07) is 1.85. The molecule has 0 bridgehead atoms. The van der Waals surface area contributed by atoms with Crippen LogP contribution in [0.15, 0.2) is 16.7 Å². The van der Waals surface area contributed by atoms with E-state index in [9.17, 15) is 0 Å². The summed E-state index contributed by atoms with van der Waals surface area (Å²) in [6.07, 6.45) is 7.63. The molecule has 1 aromatic rings. The zero-order valence-corrected chi connectivity index (χ0v) is 12.3. The van der Waals surface area contributed by atoms with Crippen molar-refractivity contribution in [1.82, 2.24) is 0 Å². The second-order valence-corrected chi connectivity index (χ2v) is 3.16. The number of hydrogen-bond acceptors (Lipinski definition) is 3. The van der Waals surface area contributed by atoms with Crippen LogP contribution in [0.4, 0.5) is 0 Å². The molecule has 1 aliphatic heterocycles. The number of furan rings is 1. The first-order valence-electron chi connectivity index (χ1n) is 4.62. The van der Waals surface area contributed by atoms with Gasteiger partial charge in [-0.25, -0.2) is 0 Å². The SMILES string of the molecule is [Cl-].[Zn].[c]1occc1COC1CCCCO1. The molecule has 0 N–H and O–H groups in total. The summed E-state index contributed by atoms with van der Waals surface area (Å²) in [6.45, 7) is 1.35. The first-order chi connectivity index (χ1) is 6.45. The number of halogens is 1. The van der Waals surface area contributed by atoms with Gasteiger partial charge in [-0.1, -0.05) is 0 Å². The van der Waals surface area contributed by atoms with E-state index in [1.54, 1.807) is 6.26 Å². The fraction of sp³-hybridized carbons (Fsp3) is 0.600. The first kappa shape index (κ1) is 15.1. The Morgan fingerprint density at radius 2 is 2.33 bits per heavy atom. The quantitative estimate of drug-likeness (QED) is 0.675. The molecule has 0 aliphatic carbocycles. The summed E-state index contributed by atoms with van der Waals surface area (Å²) in [5.41, 5.74) is 0.939. The van der Waals surface area contributed by atoms with Gasteiger partial charge in [0, 0.05) is 31.6 Å². The maximum atomic E-state index is 5.51. The largest absolute Gasteiger partial charge is 1.00 e. The van der Waals surface area contributed by atoms with Gasteiger partial charge in [-0.2, -0.15) is 0 Å². The molecule has 1 radical (unpaired) electrons. The van der Waals surface area contributed by atoms with Gasteiger partial charge in [0.1, 0.15) is 0 Å². The predicted molar refractivity (Wildman–Crippen MR) is 45.9 cm³/mol. The third-order valence-corrected chi connectivity index (χ3v) is 2.09. The smallest absolute Gasteiger partial charge is 0.175 e. The molecular formula is C10H13ClO3Zn-. The zero-order valence-electron chi connectivity index (χ0n) is 8.58. The Kier molecular flexibility index (Phi) is 8.35. The molecule has 0 amide bonds. The van der Waals surface area contributed by atoms with E-state index in [-0.39, 0.29) is 38.2 Å². The van der Waals surface area contributed by atoms with Crippen LogP contribution in [0, 0.1) is 6.26 Å². The normalized spacial score (nSPS) is 20.1. The molecule has 1 aliphatic rings.